The summed E-state index contributed by atoms with van der Waals surface area (Å²) in [6, 6.07) is 7.26. The van der Waals surface area contributed by atoms with E-state index in [1.807, 2.05) is 59.7 Å². The van der Waals surface area contributed by atoms with Crippen molar-refractivity contribution in [2.75, 3.05) is 7.11 Å². The topological polar surface area (TPSA) is 117 Å². The number of phenolic OH excluding ortho intramolecular Hbond substituents is 1. The molecule has 0 atom stereocenters. The number of benzene rings is 1. The van der Waals surface area contributed by atoms with Gasteiger partial charge in [0.15, 0.2) is 0 Å². The summed E-state index contributed by atoms with van der Waals surface area (Å²) >= 11 is 0. The zero-order chi connectivity index (χ0) is 25.8. The van der Waals surface area contributed by atoms with E-state index in [-0.39, 0.29) is 35.3 Å². The number of carbonyl (C=O) groups excluding carboxylic acids is 1. The van der Waals surface area contributed by atoms with Gasteiger partial charge in [0, 0.05) is 29.5 Å². The van der Waals surface area contributed by atoms with E-state index in [2.05, 4.69) is 10.5 Å². The number of carbonyl (C=O) groups is 1. The van der Waals surface area contributed by atoms with E-state index in [1.54, 1.807) is 13.0 Å². The SMILES string of the molecule is COCc1cc(C)n(CC(=O)NN=Cc2cc(C(C)(C)C)c(O)c(C(C)(C)C)c2)c(=O)c1C#N. The third kappa shape index (κ3) is 6.12. The third-order valence-electron chi connectivity index (χ3n) is 5.45. The van der Waals surface area contributed by atoms with Gasteiger partial charge in [0.2, 0.25) is 0 Å². The summed E-state index contributed by atoms with van der Waals surface area (Å²) in [6.07, 6.45) is 1.51. The number of aryl methyl sites for hydroxylation is 1. The van der Waals surface area contributed by atoms with Crippen molar-refractivity contribution in [3.8, 4) is 11.8 Å². The highest BCUT2D eigenvalue weighted by molar-refractivity contribution is 5.83. The van der Waals surface area contributed by atoms with Crippen molar-refractivity contribution >= 4 is 12.1 Å². The molecule has 2 rings (SSSR count). The minimum Gasteiger partial charge on any atom is -0.507 e. The van der Waals surface area contributed by atoms with Crippen LogP contribution in [-0.2, 0) is 33.5 Å². The predicted molar refractivity (Wildman–Crippen MR) is 132 cm³/mol. The summed E-state index contributed by atoms with van der Waals surface area (Å²) in [5, 5.41) is 24.2. The molecular weight excluding hydrogens is 432 g/mol. The smallest absolute Gasteiger partial charge is 0.269 e. The Hall–Kier alpha value is -3.44. The number of amides is 1. The van der Waals surface area contributed by atoms with E-state index >= 15 is 0 Å². The highest BCUT2D eigenvalue weighted by Crippen LogP contribution is 2.39. The van der Waals surface area contributed by atoms with Crippen LogP contribution in [0.4, 0.5) is 0 Å². The number of methoxy groups -OCH3 is 1. The van der Waals surface area contributed by atoms with Gasteiger partial charge in [-0.25, -0.2) is 5.43 Å². The Morgan fingerprint density at radius 2 is 1.74 bits per heavy atom. The van der Waals surface area contributed by atoms with Gasteiger partial charge in [-0.15, -0.1) is 0 Å². The van der Waals surface area contributed by atoms with Gasteiger partial charge in [-0.2, -0.15) is 10.4 Å². The normalized spacial score (nSPS) is 12.1. The van der Waals surface area contributed by atoms with Crippen LogP contribution >= 0.6 is 0 Å². The first-order chi connectivity index (χ1) is 15.7. The van der Waals surface area contributed by atoms with Crippen molar-refractivity contribution in [3.63, 3.8) is 0 Å². The second-order valence-corrected chi connectivity index (χ2v) is 10.4. The van der Waals surface area contributed by atoms with E-state index in [1.165, 1.54) is 17.9 Å². The Morgan fingerprint density at radius 1 is 1.18 bits per heavy atom. The van der Waals surface area contributed by atoms with Gasteiger partial charge in [0.05, 0.1) is 12.8 Å². The Morgan fingerprint density at radius 3 is 2.21 bits per heavy atom. The van der Waals surface area contributed by atoms with Gasteiger partial charge in [0.25, 0.3) is 11.5 Å². The number of nitrogens with one attached hydrogen (secondary N) is 1. The molecule has 0 aliphatic heterocycles. The average Bonchev–Trinajstić information content (AvgIpc) is 2.71. The van der Waals surface area contributed by atoms with Crippen molar-refractivity contribution < 1.29 is 14.6 Å². The first kappa shape index (κ1) is 26.8. The standard InChI is InChI=1S/C26H34N4O4/c1-16-9-18(15-34-8)19(12-27)24(33)30(16)14-22(31)29-28-13-17-10-20(25(2,3)4)23(32)21(11-17)26(5,6)7/h9-11,13,32H,14-15H2,1-8H3,(H,29,31). The lowest BCUT2D eigenvalue weighted by Crippen LogP contribution is -2.33. The maximum Gasteiger partial charge on any atom is 0.269 e. The second-order valence-electron chi connectivity index (χ2n) is 10.4. The molecule has 8 heteroatoms. The molecule has 182 valence electrons. The number of pyridine rings is 1. The van der Waals surface area contributed by atoms with E-state index in [4.69, 9.17) is 4.74 Å². The van der Waals surface area contributed by atoms with Crippen LogP contribution in [0.2, 0.25) is 0 Å². The van der Waals surface area contributed by atoms with E-state index < -0.39 is 11.5 Å². The van der Waals surface area contributed by atoms with Crippen LogP contribution in [0.5, 0.6) is 5.75 Å². The van der Waals surface area contributed by atoms with Crippen molar-refractivity contribution in [2.45, 2.75) is 72.4 Å². The summed E-state index contributed by atoms with van der Waals surface area (Å²) < 4.78 is 6.28. The van der Waals surface area contributed by atoms with Gasteiger partial charge in [0.1, 0.15) is 23.9 Å². The van der Waals surface area contributed by atoms with Crippen molar-refractivity contribution in [1.82, 2.24) is 9.99 Å². The Bertz CT molecular complexity index is 1170. The molecule has 1 aromatic heterocycles. The lowest BCUT2D eigenvalue weighted by atomic mass is 9.78. The molecular formula is C26H34N4O4. The number of hydrazone groups is 1. The number of nitriles is 1. The highest BCUT2D eigenvalue weighted by atomic mass is 16.5. The minimum atomic E-state index is -0.545. The fourth-order valence-electron chi connectivity index (χ4n) is 3.65. The summed E-state index contributed by atoms with van der Waals surface area (Å²) in [6.45, 7) is 13.7. The Balaban J connectivity index is 2.30. The average molecular weight is 467 g/mol. The second kappa shape index (κ2) is 10.2. The highest BCUT2D eigenvalue weighted by Gasteiger charge is 2.26. The molecule has 0 aliphatic rings. The maximum absolute atomic E-state index is 12.7. The fraction of sp³-hybridized carbons (Fsp3) is 0.462. The van der Waals surface area contributed by atoms with E-state index in [9.17, 15) is 20.0 Å². The number of hydrogen-bond donors (Lipinski definition) is 2. The molecule has 0 saturated carbocycles. The van der Waals surface area contributed by atoms with Gasteiger partial charge >= 0.3 is 0 Å². The summed E-state index contributed by atoms with van der Waals surface area (Å²) in [5.74, 6) is -0.239. The maximum atomic E-state index is 12.7. The van der Waals surface area contributed by atoms with Crippen molar-refractivity contribution in [2.24, 2.45) is 5.10 Å². The van der Waals surface area contributed by atoms with Gasteiger partial charge in [-0.3, -0.25) is 9.59 Å². The molecule has 8 nitrogen and oxygen atoms in total. The number of hydrogen-bond acceptors (Lipinski definition) is 6. The van der Waals surface area contributed by atoms with Crippen LogP contribution < -0.4 is 11.0 Å². The number of phenols is 1. The molecule has 34 heavy (non-hydrogen) atoms. The quantitative estimate of drug-likeness (QED) is 0.498. The van der Waals surface area contributed by atoms with E-state index in [0.717, 1.165) is 16.7 Å². The molecule has 0 aliphatic carbocycles. The minimum absolute atomic E-state index is 0.0442. The van der Waals surface area contributed by atoms with Crippen LogP contribution in [0.3, 0.4) is 0 Å². The lowest BCUT2D eigenvalue weighted by molar-refractivity contribution is -0.121. The summed E-state index contributed by atoms with van der Waals surface area (Å²) in [5.41, 5.74) is 4.61. The number of ether oxygens (including phenoxy) is 1. The fourth-order valence-corrected chi connectivity index (χ4v) is 3.65. The number of nitrogens with zero attached hydrogens (tertiary/aromatic N) is 3. The molecule has 2 aromatic rings. The van der Waals surface area contributed by atoms with Gasteiger partial charge < -0.3 is 14.4 Å². The number of rotatable bonds is 6. The van der Waals surface area contributed by atoms with Gasteiger partial charge in [-0.05, 0) is 41.5 Å². The van der Waals surface area contributed by atoms with Crippen LogP contribution in [0.25, 0.3) is 0 Å². The monoisotopic (exact) mass is 466 g/mol. The first-order valence-electron chi connectivity index (χ1n) is 11.0. The zero-order valence-electron chi connectivity index (χ0n) is 21.2. The molecule has 0 saturated heterocycles. The van der Waals surface area contributed by atoms with Crippen molar-refractivity contribution in [1.29, 1.82) is 5.26 Å². The summed E-state index contributed by atoms with van der Waals surface area (Å²) in [7, 11) is 1.48. The molecule has 1 amide bonds. The molecule has 0 spiro atoms. The Labute approximate surface area is 200 Å². The molecule has 0 fully saturated rings. The molecule has 0 unspecified atom stereocenters. The lowest BCUT2D eigenvalue weighted by Gasteiger charge is -2.27. The number of aromatic hydroxyl groups is 1. The first-order valence-corrected chi connectivity index (χ1v) is 11.0. The molecule has 1 aromatic carbocycles. The van der Waals surface area contributed by atoms with Crippen LogP contribution in [-0.4, -0.2) is 28.9 Å². The molecule has 0 radical (unpaired) electrons. The van der Waals surface area contributed by atoms with Crippen LogP contribution in [0, 0.1) is 18.3 Å². The molecule has 1 heterocycles. The zero-order valence-corrected chi connectivity index (χ0v) is 21.2. The van der Waals surface area contributed by atoms with Gasteiger partial charge in [-0.1, -0.05) is 41.5 Å². The molecule has 0 bridgehead atoms. The Kier molecular flexibility index (Phi) is 8.06. The van der Waals surface area contributed by atoms with Crippen molar-refractivity contribution in [3.05, 3.63) is 62.1 Å². The van der Waals surface area contributed by atoms with Crippen LogP contribution in [0.15, 0.2) is 28.1 Å². The number of aromatic nitrogens is 1. The van der Waals surface area contributed by atoms with Crippen LogP contribution in [0.1, 0.15) is 75.1 Å². The third-order valence-corrected chi connectivity index (χ3v) is 5.45. The molecule has 2 N–H and O–H groups in total. The summed E-state index contributed by atoms with van der Waals surface area (Å²) in [4.78, 5) is 25.2. The largest absolute Gasteiger partial charge is 0.507 e. The van der Waals surface area contributed by atoms with E-state index in [0.29, 0.717) is 11.3 Å². The predicted octanol–water partition coefficient (Wildman–Crippen LogP) is 3.63.